The quantitative estimate of drug-likeness (QED) is 0.459. The SMILES string of the molecule is CC(C)(C)NC(=S)NNC(=O)[C@@H](Cc1ccccc1)NC(=O)c1ccccc1. The van der Waals surface area contributed by atoms with E-state index in [2.05, 4.69) is 21.5 Å². The van der Waals surface area contributed by atoms with Gasteiger partial charge >= 0.3 is 0 Å². The lowest BCUT2D eigenvalue weighted by Gasteiger charge is -2.24. The molecule has 1 atom stereocenters. The number of hydrogen-bond donors (Lipinski definition) is 4. The van der Waals surface area contributed by atoms with Crippen LogP contribution in [0.25, 0.3) is 0 Å². The third-order valence-electron chi connectivity index (χ3n) is 3.73. The monoisotopic (exact) mass is 398 g/mol. The first-order valence-electron chi connectivity index (χ1n) is 9.02. The topological polar surface area (TPSA) is 82.3 Å². The summed E-state index contributed by atoms with van der Waals surface area (Å²) in [5.74, 6) is -0.696. The Kier molecular flexibility index (Phi) is 7.52. The Bertz CT molecular complexity index is 804. The first-order valence-corrected chi connectivity index (χ1v) is 9.43. The van der Waals surface area contributed by atoms with Gasteiger partial charge < -0.3 is 10.6 Å². The van der Waals surface area contributed by atoms with Gasteiger partial charge in [-0.15, -0.1) is 0 Å². The minimum Gasteiger partial charge on any atom is -0.357 e. The Hall–Kier alpha value is -2.93. The average molecular weight is 399 g/mol. The number of benzene rings is 2. The van der Waals surface area contributed by atoms with E-state index < -0.39 is 6.04 Å². The van der Waals surface area contributed by atoms with Crippen LogP contribution in [-0.4, -0.2) is 28.5 Å². The van der Waals surface area contributed by atoms with E-state index in [4.69, 9.17) is 12.2 Å². The van der Waals surface area contributed by atoms with Gasteiger partial charge in [0.25, 0.3) is 11.8 Å². The van der Waals surface area contributed by atoms with Crippen LogP contribution in [0.1, 0.15) is 36.7 Å². The molecule has 0 fully saturated rings. The molecular formula is C21H26N4O2S. The molecule has 2 aromatic carbocycles. The van der Waals surface area contributed by atoms with Crippen molar-refractivity contribution in [3.8, 4) is 0 Å². The number of hydrazine groups is 1. The lowest BCUT2D eigenvalue weighted by Crippen LogP contribution is -2.57. The first-order chi connectivity index (χ1) is 13.2. The van der Waals surface area contributed by atoms with Crippen molar-refractivity contribution in [1.29, 1.82) is 0 Å². The summed E-state index contributed by atoms with van der Waals surface area (Å²) in [6, 6.07) is 17.5. The largest absolute Gasteiger partial charge is 0.357 e. The van der Waals surface area contributed by atoms with Gasteiger partial charge in [0, 0.05) is 17.5 Å². The number of carbonyl (C=O) groups is 2. The molecule has 2 rings (SSSR count). The molecule has 0 aliphatic rings. The van der Waals surface area contributed by atoms with E-state index in [1.165, 1.54) is 0 Å². The molecule has 6 nitrogen and oxygen atoms in total. The summed E-state index contributed by atoms with van der Waals surface area (Å²) in [6.45, 7) is 5.88. The zero-order valence-corrected chi connectivity index (χ0v) is 17.1. The van der Waals surface area contributed by atoms with Crippen molar-refractivity contribution in [3.63, 3.8) is 0 Å². The van der Waals surface area contributed by atoms with Crippen LogP contribution in [0, 0.1) is 0 Å². The Morgan fingerprint density at radius 2 is 1.50 bits per heavy atom. The fourth-order valence-corrected chi connectivity index (χ4v) is 2.82. The summed E-state index contributed by atoms with van der Waals surface area (Å²) < 4.78 is 0. The predicted molar refractivity (Wildman–Crippen MR) is 115 cm³/mol. The minimum atomic E-state index is -0.764. The third kappa shape index (κ3) is 7.36. The summed E-state index contributed by atoms with van der Waals surface area (Å²) in [5, 5.41) is 6.15. The van der Waals surface area contributed by atoms with Crippen LogP contribution in [0.3, 0.4) is 0 Å². The second-order valence-corrected chi connectivity index (χ2v) is 7.81. The van der Waals surface area contributed by atoms with Gasteiger partial charge in [0.1, 0.15) is 6.04 Å². The maximum absolute atomic E-state index is 12.7. The van der Waals surface area contributed by atoms with Gasteiger partial charge in [-0.1, -0.05) is 48.5 Å². The molecule has 0 unspecified atom stereocenters. The van der Waals surface area contributed by atoms with Crippen molar-refractivity contribution < 1.29 is 9.59 Å². The molecule has 0 radical (unpaired) electrons. The van der Waals surface area contributed by atoms with Crippen molar-refractivity contribution in [3.05, 3.63) is 71.8 Å². The Labute approximate surface area is 171 Å². The normalized spacial score (nSPS) is 11.8. The average Bonchev–Trinajstić information content (AvgIpc) is 2.65. The molecule has 148 valence electrons. The lowest BCUT2D eigenvalue weighted by molar-refractivity contribution is -0.123. The number of nitrogens with one attached hydrogen (secondary N) is 4. The molecule has 28 heavy (non-hydrogen) atoms. The van der Waals surface area contributed by atoms with Gasteiger partial charge in [-0.05, 0) is 50.7 Å². The molecule has 2 aromatic rings. The highest BCUT2D eigenvalue weighted by molar-refractivity contribution is 7.80. The van der Waals surface area contributed by atoms with Gasteiger partial charge in [0.05, 0.1) is 0 Å². The van der Waals surface area contributed by atoms with E-state index in [1.54, 1.807) is 24.3 Å². The molecule has 0 heterocycles. The van der Waals surface area contributed by atoms with Gasteiger partial charge in [0.2, 0.25) is 0 Å². The smallest absolute Gasteiger partial charge is 0.261 e. The van der Waals surface area contributed by atoms with E-state index >= 15 is 0 Å². The van der Waals surface area contributed by atoms with E-state index in [9.17, 15) is 9.59 Å². The van der Waals surface area contributed by atoms with Gasteiger partial charge in [0.15, 0.2) is 5.11 Å². The summed E-state index contributed by atoms with van der Waals surface area (Å²) in [7, 11) is 0. The van der Waals surface area contributed by atoms with Crippen LogP contribution in [0.15, 0.2) is 60.7 Å². The molecule has 0 aromatic heterocycles. The second kappa shape index (κ2) is 9.85. The van der Waals surface area contributed by atoms with E-state index in [-0.39, 0.29) is 17.4 Å². The molecule has 0 aliphatic carbocycles. The lowest BCUT2D eigenvalue weighted by atomic mass is 10.0. The fourth-order valence-electron chi connectivity index (χ4n) is 2.47. The van der Waals surface area contributed by atoms with Gasteiger partial charge in [-0.25, -0.2) is 0 Å². The van der Waals surface area contributed by atoms with Crippen LogP contribution in [0.4, 0.5) is 0 Å². The van der Waals surface area contributed by atoms with Crippen molar-refractivity contribution >= 4 is 29.1 Å². The summed E-state index contributed by atoms with van der Waals surface area (Å²) in [4.78, 5) is 25.2. The molecule has 0 bridgehead atoms. The number of hydrogen-bond acceptors (Lipinski definition) is 3. The van der Waals surface area contributed by atoms with Crippen molar-refractivity contribution in [1.82, 2.24) is 21.5 Å². The molecule has 0 saturated carbocycles. The molecule has 0 spiro atoms. The van der Waals surface area contributed by atoms with E-state index in [1.807, 2.05) is 57.2 Å². The molecule has 0 aliphatic heterocycles. The number of thiocarbonyl (C=S) groups is 1. The van der Waals surface area contributed by atoms with Gasteiger partial charge in [-0.2, -0.15) is 0 Å². The minimum absolute atomic E-state index is 0.236. The molecule has 2 amide bonds. The maximum atomic E-state index is 12.7. The Balaban J connectivity index is 2.05. The highest BCUT2D eigenvalue weighted by Gasteiger charge is 2.22. The van der Waals surface area contributed by atoms with Crippen molar-refractivity contribution in [2.24, 2.45) is 0 Å². The second-order valence-electron chi connectivity index (χ2n) is 7.40. The van der Waals surface area contributed by atoms with Gasteiger partial charge in [-0.3, -0.25) is 20.4 Å². The van der Waals surface area contributed by atoms with Crippen molar-refractivity contribution in [2.45, 2.75) is 38.8 Å². The molecule has 7 heteroatoms. The van der Waals surface area contributed by atoms with E-state index in [0.29, 0.717) is 17.1 Å². The Morgan fingerprint density at radius 3 is 2.07 bits per heavy atom. The number of amides is 2. The summed E-state index contributed by atoms with van der Waals surface area (Å²) in [5.41, 5.74) is 6.45. The zero-order chi connectivity index (χ0) is 20.6. The van der Waals surface area contributed by atoms with Crippen molar-refractivity contribution in [2.75, 3.05) is 0 Å². The fraction of sp³-hybridized carbons (Fsp3) is 0.286. The molecule has 4 N–H and O–H groups in total. The highest BCUT2D eigenvalue weighted by atomic mass is 32.1. The summed E-state index contributed by atoms with van der Waals surface area (Å²) >= 11 is 5.18. The van der Waals surface area contributed by atoms with Crippen LogP contribution < -0.4 is 21.5 Å². The number of rotatable bonds is 5. The zero-order valence-electron chi connectivity index (χ0n) is 16.3. The summed E-state index contributed by atoms with van der Waals surface area (Å²) in [6.07, 6.45) is 0.354. The highest BCUT2D eigenvalue weighted by Crippen LogP contribution is 2.06. The number of carbonyl (C=O) groups excluding carboxylic acids is 2. The van der Waals surface area contributed by atoms with Crippen LogP contribution in [0.5, 0.6) is 0 Å². The maximum Gasteiger partial charge on any atom is 0.261 e. The first kappa shape index (κ1) is 21.4. The van der Waals surface area contributed by atoms with E-state index in [0.717, 1.165) is 5.56 Å². The third-order valence-corrected chi connectivity index (χ3v) is 3.93. The predicted octanol–water partition coefficient (Wildman–Crippen LogP) is 2.32. The van der Waals surface area contributed by atoms with Crippen LogP contribution in [-0.2, 0) is 11.2 Å². The molecule has 0 saturated heterocycles. The standard InChI is InChI=1S/C21H26N4O2S/c1-21(2,3)23-20(28)25-24-19(27)17(14-15-10-6-4-7-11-15)22-18(26)16-12-8-5-9-13-16/h4-13,17H,14H2,1-3H3,(H,22,26)(H,24,27)(H2,23,25,28)/t17-/m1/s1. The van der Waals surface area contributed by atoms with Crippen LogP contribution in [0.2, 0.25) is 0 Å². The molecular weight excluding hydrogens is 372 g/mol. The van der Waals surface area contributed by atoms with Crippen LogP contribution >= 0.6 is 12.2 Å². The Morgan fingerprint density at radius 1 is 0.929 bits per heavy atom.